The van der Waals surface area contributed by atoms with Crippen LogP contribution in [0.4, 0.5) is 13.2 Å². The van der Waals surface area contributed by atoms with Gasteiger partial charge in [0.2, 0.25) is 17.7 Å². The lowest BCUT2D eigenvalue weighted by molar-refractivity contribution is -0.153. The number of hydrogen-bond donors (Lipinski definition) is 0. The molecule has 2 fully saturated rings. The van der Waals surface area contributed by atoms with Crippen molar-refractivity contribution < 1.29 is 27.6 Å². The monoisotopic (exact) mass is 491 g/mol. The molecule has 6 nitrogen and oxygen atoms in total. The molecule has 3 atom stereocenters. The van der Waals surface area contributed by atoms with Gasteiger partial charge >= 0.3 is 6.18 Å². The van der Waals surface area contributed by atoms with Gasteiger partial charge in [0, 0.05) is 32.7 Å². The van der Waals surface area contributed by atoms with E-state index in [1.54, 1.807) is 11.0 Å². The van der Waals surface area contributed by atoms with E-state index in [4.69, 9.17) is 0 Å². The zero-order valence-electron chi connectivity index (χ0n) is 20.1. The van der Waals surface area contributed by atoms with Gasteiger partial charge in [0.1, 0.15) is 6.04 Å². The fourth-order valence-corrected chi connectivity index (χ4v) is 5.34. The summed E-state index contributed by atoms with van der Waals surface area (Å²) < 4.78 is 39.1. The zero-order chi connectivity index (χ0) is 25.3. The zero-order valence-corrected chi connectivity index (χ0v) is 20.1. The normalized spacial score (nSPS) is 24.3. The van der Waals surface area contributed by atoms with Crippen molar-refractivity contribution in [2.45, 2.75) is 51.9 Å². The molecule has 2 saturated heterocycles. The number of fused-ring (bicyclic) bond motifs is 1. The molecular formula is C26H32F3N3O3. The Bertz CT molecular complexity index is 973. The van der Waals surface area contributed by atoms with Gasteiger partial charge in [-0.05, 0) is 36.8 Å². The first kappa shape index (κ1) is 25.4. The predicted molar refractivity (Wildman–Crippen MR) is 124 cm³/mol. The number of alkyl halides is 3. The lowest BCUT2D eigenvalue weighted by Crippen LogP contribution is -2.56. The largest absolute Gasteiger partial charge is 0.416 e. The van der Waals surface area contributed by atoms with Gasteiger partial charge in [-0.3, -0.25) is 24.2 Å². The first-order valence-electron chi connectivity index (χ1n) is 12.3. The first-order valence-corrected chi connectivity index (χ1v) is 12.3. The van der Waals surface area contributed by atoms with Crippen molar-refractivity contribution in [1.29, 1.82) is 0 Å². The minimum atomic E-state index is -4.38. The Kier molecular flexibility index (Phi) is 7.35. The van der Waals surface area contributed by atoms with E-state index in [1.807, 2.05) is 30.9 Å². The van der Waals surface area contributed by atoms with E-state index in [2.05, 4.69) is 0 Å². The number of imide groups is 1. The first-order chi connectivity index (χ1) is 16.6. The van der Waals surface area contributed by atoms with Crippen LogP contribution in [0.5, 0.6) is 0 Å². The molecule has 3 aliphatic rings. The molecule has 1 aliphatic carbocycles. The summed E-state index contributed by atoms with van der Waals surface area (Å²) in [5.41, 5.74) is -0.0992. The van der Waals surface area contributed by atoms with E-state index in [1.165, 1.54) is 11.0 Å². The maximum absolute atomic E-state index is 13.6. The highest BCUT2D eigenvalue weighted by Crippen LogP contribution is 2.37. The van der Waals surface area contributed by atoms with Crippen LogP contribution in [0, 0.1) is 17.8 Å². The standard InChI is InChI=1S/C26H32F3N3O3/c1-17(2)14-22(32-23(33)20-8-3-4-9-21(20)24(32)34)25(35)31-12-10-30(11-13-31)16-18-6-5-7-19(15-18)26(27,28)29/h3-7,15,17,20-22H,8-14,16H2,1-2H3. The third kappa shape index (κ3) is 5.44. The average Bonchev–Trinajstić information content (AvgIpc) is 3.07. The van der Waals surface area contributed by atoms with Crippen LogP contribution in [0.3, 0.4) is 0 Å². The van der Waals surface area contributed by atoms with E-state index in [-0.39, 0.29) is 35.5 Å². The number of carbonyl (C=O) groups is 3. The molecule has 0 aromatic heterocycles. The number of piperazine rings is 1. The smallest absolute Gasteiger partial charge is 0.338 e. The summed E-state index contributed by atoms with van der Waals surface area (Å²) >= 11 is 0. The second-order valence-corrected chi connectivity index (χ2v) is 10.1. The highest BCUT2D eigenvalue weighted by Gasteiger charge is 2.51. The Labute approximate surface area is 203 Å². The molecule has 1 aromatic carbocycles. The highest BCUT2D eigenvalue weighted by atomic mass is 19.4. The van der Waals surface area contributed by atoms with Gasteiger partial charge in [-0.1, -0.05) is 44.2 Å². The average molecular weight is 492 g/mol. The quantitative estimate of drug-likeness (QED) is 0.450. The number of likely N-dealkylation sites (tertiary alicyclic amines) is 1. The maximum Gasteiger partial charge on any atom is 0.416 e. The van der Waals surface area contributed by atoms with Crippen molar-refractivity contribution in [3.8, 4) is 0 Å². The molecule has 2 heterocycles. The van der Waals surface area contributed by atoms with Gasteiger partial charge in [0.05, 0.1) is 17.4 Å². The van der Waals surface area contributed by atoms with Crippen LogP contribution in [-0.2, 0) is 27.1 Å². The molecule has 35 heavy (non-hydrogen) atoms. The van der Waals surface area contributed by atoms with Crippen LogP contribution in [0.25, 0.3) is 0 Å². The Morgan fingerprint density at radius 3 is 2.14 bits per heavy atom. The molecule has 190 valence electrons. The summed E-state index contributed by atoms with van der Waals surface area (Å²) in [6.07, 6.45) is 0.945. The van der Waals surface area contributed by atoms with E-state index in [0.29, 0.717) is 57.5 Å². The molecule has 3 unspecified atom stereocenters. The summed E-state index contributed by atoms with van der Waals surface area (Å²) in [4.78, 5) is 44.8. The number of benzene rings is 1. The highest BCUT2D eigenvalue weighted by molar-refractivity contribution is 6.08. The number of allylic oxidation sites excluding steroid dienone is 2. The Morgan fingerprint density at radius 2 is 1.60 bits per heavy atom. The van der Waals surface area contributed by atoms with Crippen molar-refractivity contribution >= 4 is 17.7 Å². The van der Waals surface area contributed by atoms with Crippen LogP contribution in [0.1, 0.15) is 44.2 Å². The molecule has 0 spiro atoms. The number of carbonyl (C=O) groups excluding carboxylic acids is 3. The lowest BCUT2D eigenvalue weighted by atomic mass is 9.85. The SMILES string of the molecule is CC(C)CC(C(=O)N1CCN(Cc2cccc(C(F)(F)F)c2)CC1)N1C(=O)C2CC=CCC2C1=O. The fraction of sp³-hybridized carbons (Fsp3) is 0.577. The van der Waals surface area contributed by atoms with E-state index >= 15 is 0 Å². The van der Waals surface area contributed by atoms with Gasteiger partial charge < -0.3 is 4.90 Å². The number of hydrogen-bond acceptors (Lipinski definition) is 4. The maximum atomic E-state index is 13.6. The number of amides is 3. The van der Waals surface area contributed by atoms with Gasteiger partial charge in [0.25, 0.3) is 0 Å². The third-order valence-electron chi connectivity index (χ3n) is 7.18. The van der Waals surface area contributed by atoms with Crippen LogP contribution in [-0.4, -0.2) is 64.6 Å². The Morgan fingerprint density at radius 1 is 1.00 bits per heavy atom. The molecule has 9 heteroatoms. The molecule has 0 bridgehead atoms. The molecule has 3 amide bonds. The van der Waals surface area contributed by atoms with Crippen molar-refractivity contribution in [3.05, 3.63) is 47.5 Å². The minimum Gasteiger partial charge on any atom is -0.338 e. The minimum absolute atomic E-state index is 0.118. The fourth-order valence-electron chi connectivity index (χ4n) is 5.34. The second kappa shape index (κ2) is 10.1. The number of rotatable bonds is 6. The van der Waals surface area contributed by atoms with Crippen molar-refractivity contribution in [2.24, 2.45) is 17.8 Å². The van der Waals surface area contributed by atoms with Gasteiger partial charge in [0.15, 0.2) is 0 Å². The van der Waals surface area contributed by atoms with Crippen LogP contribution >= 0.6 is 0 Å². The van der Waals surface area contributed by atoms with Gasteiger partial charge in [-0.15, -0.1) is 0 Å². The van der Waals surface area contributed by atoms with Crippen LogP contribution in [0.2, 0.25) is 0 Å². The Hall–Kier alpha value is -2.68. The molecule has 0 radical (unpaired) electrons. The molecule has 0 N–H and O–H groups in total. The Balaban J connectivity index is 1.41. The summed E-state index contributed by atoms with van der Waals surface area (Å²) in [6, 6.07) is 4.49. The second-order valence-electron chi connectivity index (χ2n) is 10.1. The number of nitrogens with zero attached hydrogens (tertiary/aromatic N) is 3. The lowest BCUT2D eigenvalue weighted by Gasteiger charge is -2.38. The van der Waals surface area contributed by atoms with Gasteiger partial charge in [-0.25, -0.2) is 0 Å². The van der Waals surface area contributed by atoms with E-state index in [0.717, 1.165) is 12.1 Å². The van der Waals surface area contributed by atoms with Crippen LogP contribution < -0.4 is 0 Å². The third-order valence-corrected chi connectivity index (χ3v) is 7.18. The van der Waals surface area contributed by atoms with Crippen molar-refractivity contribution in [1.82, 2.24) is 14.7 Å². The van der Waals surface area contributed by atoms with Crippen LogP contribution in [0.15, 0.2) is 36.4 Å². The van der Waals surface area contributed by atoms with E-state index in [9.17, 15) is 27.6 Å². The van der Waals surface area contributed by atoms with Crippen molar-refractivity contribution in [2.75, 3.05) is 26.2 Å². The molecule has 0 saturated carbocycles. The summed E-state index contributed by atoms with van der Waals surface area (Å²) in [5.74, 6) is -1.34. The number of halogens is 3. The molecular weight excluding hydrogens is 459 g/mol. The summed E-state index contributed by atoms with van der Waals surface area (Å²) in [5, 5.41) is 0. The van der Waals surface area contributed by atoms with Gasteiger partial charge in [-0.2, -0.15) is 13.2 Å². The molecule has 2 aliphatic heterocycles. The predicted octanol–water partition coefficient (Wildman–Crippen LogP) is 3.72. The molecule has 4 rings (SSSR count). The molecule has 1 aromatic rings. The summed E-state index contributed by atoms with van der Waals surface area (Å²) in [7, 11) is 0. The van der Waals surface area contributed by atoms with E-state index < -0.39 is 17.8 Å². The topological polar surface area (TPSA) is 60.9 Å². The van der Waals surface area contributed by atoms with Crippen molar-refractivity contribution in [3.63, 3.8) is 0 Å². The summed E-state index contributed by atoms with van der Waals surface area (Å²) in [6.45, 7) is 6.11.